The number of rotatable bonds is 8. The molecular weight excluding hydrogens is 350 g/mol. The van der Waals surface area contributed by atoms with E-state index < -0.39 is 0 Å². The number of hydrogen-bond donors (Lipinski definition) is 0. The Hall–Kier alpha value is -2.82. The zero-order valence-electron chi connectivity index (χ0n) is 16.9. The minimum absolute atomic E-state index is 0.0128. The van der Waals surface area contributed by atoms with E-state index in [2.05, 4.69) is 0 Å². The second kappa shape index (κ2) is 8.91. The summed E-state index contributed by atoms with van der Waals surface area (Å²) in [5.74, 6) is -0.124. The van der Waals surface area contributed by atoms with Crippen molar-refractivity contribution >= 4 is 17.9 Å². The SMILES string of the molecule is CC(C)N(CC(=O)N(Cc1cccn1C)C1CC1)C(=O)/C=C/c1ccccc1. The van der Waals surface area contributed by atoms with Crippen LogP contribution in [0.3, 0.4) is 0 Å². The number of hydrogen-bond acceptors (Lipinski definition) is 2. The maximum atomic E-state index is 13.1. The van der Waals surface area contributed by atoms with Gasteiger partial charge in [-0.15, -0.1) is 0 Å². The maximum Gasteiger partial charge on any atom is 0.247 e. The second-order valence-corrected chi connectivity index (χ2v) is 7.67. The van der Waals surface area contributed by atoms with Gasteiger partial charge < -0.3 is 14.4 Å². The standard InChI is InChI=1S/C23H29N3O2/c1-18(2)25(22(27)14-11-19-8-5-4-6-9-19)17-23(28)26(20-12-13-20)16-21-10-7-15-24(21)3/h4-11,14-15,18,20H,12-13,16-17H2,1-3H3/b14-11+. The first-order valence-corrected chi connectivity index (χ1v) is 9.89. The Morgan fingerprint density at radius 3 is 2.43 bits per heavy atom. The number of amides is 2. The molecule has 0 saturated heterocycles. The van der Waals surface area contributed by atoms with Gasteiger partial charge in [-0.05, 0) is 50.5 Å². The molecule has 1 aromatic heterocycles. The van der Waals surface area contributed by atoms with Crippen LogP contribution in [0, 0.1) is 0 Å². The molecule has 148 valence electrons. The van der Waals surface area contributed by atoms with Gasteiger partial charge in [-0.25, -0.2) is 0 Å². The molecule has 0 radical (unpaired) electrons. The molecule has 1 aliphatic rings. The summed E-state index contributed by atoms with van der Waals surface area (Å²) < 4.78 is 2.04. The highest BCUT2D eigenvalue weighted by Gasteiger charge is 2.34. The van der Waals surface area contributed by atoms with Gasteiger partial charge >= 0.3 is 0 Å². The van der Waals surface area contributed by atoms with Crippen molar-refractivity contribution < 1.29 is 9.59 Å². The molecule has 5 nitrogen and oxygen atoms in total. The summed E-state index contributed by atoms with van der Waals surface area (Å²) in [7, 11) is 1.99. The smallest absolute Gasteiger partial charge is 0.247 e. The number of carbonyl (C=O) groups excluding carboxylic acids is 2. The molecule has 0 aliphatic heterocycles. The molecule has 0 atom stereocenters. The fourth-order valence-electron chi connectivity index (χ4n) is 3.22. The van der Waals surface area contributed by atoms with Crippen LogP contribution in [0.15, 0.2) is 54.7 Å². The Labute approximate surface area is 167 Å². The second-order valence-electron chi connectivity index (χ2n) is 7.67. The van der Waals surface area contributed by atoms with Gasteiger partial charge in [0.15, 0.2) is 0 Å². The van der Waals surface area contributed by atoms with Crippen LogP contribution < -0.4 is 0 Å². The Bertz CT molecular complexity index is 835. The van der Waals surface area contributed by atoms with Crippen LogP contribution in [-0.4, -0.2) is 44.8 Å². The van der Waals surface area contributed by atoms with Crippen LogP contribution in [0.2, 0.25) is 0 Å². The molecule has 5 heteroatoms. The lowest BCUT2D eigenvalue weighted by Crippen LogP contribution is -2.46. The summed E-state index contributed by atoms with van der Waals surface area (Å²) in [6, 6.07) is 14.0. The predicted octanol–water partition coefficient (Wildman–Crippen LogP) is 3.47. The lowest BCUT2D eigenvalue weighted by molar-refractivity contribution is -0.140. The van der Waals surface area contributed by atoms with Gasteiger partial charge in [-0.3, -0.25) is 9.59 Å². The van der Waals surface area contributed by atoms with Crippen molar-refractivity contribution in [2.24, 2.45) is 7.05 Å². The Balaban J connectivity index is 1.68. The largest absolute Gasteiger partial charge is 0.353 e. The third-order valence-corrected chi connectivity index (χ3v) is 5.12. The van der Waals surface area contributed by atoms with E-state index in [0.717, 1.165) is 24.1 Å². The Morgan fingerprint density at radius 2 is 1.86 bits per heavy atom. The van der Waals surface area contributed by atoms with Crippen LogP contribution in [0.1, 0.15) is 37.9 Å². The summed E-state index contributed by atoms with van der Waals surface area (Å²) in [5.41, 5.74) is 2.07. The van der Waals surface area contributed by atoms with E-state index in [1.165, 1.54) is 0 Å². The van der Waals surface area contributed by atoms with Gasteiger partial charge in [0.1, 0.15) is 6.54 Å². The van der Waals surface area contributed by atoms with E-state index in [9.17, 15) is 9.59 Å². The predicted molar refractivity (Wildman–Crippen MR) is 111 cm³/mol. The Morgan fingerprint density at radius 1 is 1.14 bits per heavy atom. The van der Waals surface area contributed by atoms with Crippen LogP contribution in [0.5, 0.6) is 0 Å². The molecule has 1 heterocycles. The lowest BCUT2D eigenvalue weighted by atomic mass is 10.2. The van der Waals surface area contributed by atoms with Gasteiger partial charge in [0, 0.05) is 37.1 Å². The van der Waals surface area contributed by atoms with Gasteiger partial charge in [-0.1, -0.05) is 30.3 Å². The first-order valence-electron chi connectivity index (χ1n) is 9.89. The number of nitrogens with zero attached hydrogens (tertiary/aromatic N) is 3. The first kappa shape index (κ1) is 19.9. The summed E-state index contributed by atoms with van der Waals surface area (Å²) in [6.45, 7) is 4.59. The fourth-order valence-corrected chi connectivity index (χ4v) is 3.22. The fraction of sp³-hybridized carbons (Fsp3) is 0.391. The molecule has 1 aromatic carbocycles. The molecule has 1 aliphatic carbocycles. The molecule has 0 spiro atoms. The quantitative estimate of drug-likeness (QED) is 0.660. The van der Waals surface area contributed by atoms with E-state index in [1.54, 1.807) is 17.1 Å². The monoisotopic (exact) mass is 379 g/mol. The van der Waals surface area contributed by atoms with Crippen molar-refractivity contribution in [2.45, 2.75) is 45.3 Å². The number of benzene rings is 1. The summed E-state index contributed by atoms with van der Waals surface area (Å²) in [6.07, 6.45) is 7.43. The van der Waals surface area contributed by atoms with E-state index >= 15 is 0 Å². The van der Waals surface area contributed by atoms with Gasteiger partial charge in [0.2, 0.25) is 11.8 Å². The van der Waals surface area contributed by atoms with Crippen LogP contribution in [-0.2, 0) is 23.2 Å². The third kappa shape index (κ3) is 5.12. The molecular formula is C23H29N3O2. The molecule has 2 amide bonds. The van der Waals surface area contributed by atoms with Crippen molar-refractivity contribution in [2.75, 3.05) is 6.54 Å². The van der Waals surface area contributed by atoms with Gasteiger partial charge in [0.25, 0.3) is 0 Å². The molecule has 1 fully saturated rings. The lowest BCUT2D eigenvalue weighted by Gasteiger charge is -2.29. The van der Waals surface area contributed by atoms with E-state index in [4.69, 9.17) is 0 Å². The van der Waals surface area contributed by atoms with E-state index in [-0.39, 0.29) is 24.4 Å². The van der Waals surface area contributed by atoms with Crippen molar-refractivity contribution in [3.05, 3.63) is 66.0 Å². The molecule has 0 unspecified atom stereocenters. The Kier molecular flexibility index (Phi) is 6.34. The van der Waals surface area contributed by atoms with Crippen molar-refractivity contribution in [3.63, 3.8) is 0 Å². The number of aryl methyl sites for hydroxylation is 1. The van der Waals surface area contributed by atoms with Crippen molar-refractivity contribution in [1.82, 2.24) is 14.4 Å². The van der Waals surface area contributed by atoms with E-state index in [1.807, 2.05) is 79.0 Å². The highest BCUT2D eigenvalue weighted by molar-refractivity contribution is 5.94. The maximum absolute atomic E-state index is 13.1. The third-order valence-electron chi connectivity index (χ3n) is 5.12. The summed E-state index contributed by atoms with van der Waals surface area (Å²) >= 11 is 0. The van der Waals surface area contributed by atoms with Gasteiger partial charge in [0.05, 0.1) is 6.54 Å². The van der Waals surface area contributed by atoms with Crippen molar-refractivity contribution in [3.8, 4) is 0 Å². The molecule has 2 aromatic rings. The van der Waals surface area contributed by atoms with Gasteiger partial charge in [-0.2, -0.15) is 0 Å². The number of carbonyl (C=O) groups is 2. The van der Waals surface area contributed by atoms with E-state index in [0.29, 0.717) is 12.6 Å². The molecule has 0 bridgehead atoms. The average molecular weight is 380 g/mol. The van der Waals surface area contributed by atoms with Crippen LogP contribution in [0.25, 0.3) is 6.08 Å². The zero-order valence-corrected chi connectivity index (χ0v) is 16.9. The van der Waals surface area contributed by atoms with Crippen LogP contribution >= 0.6 is 0 Å². The molecule has 0 N–H and O–H groups in total. The summed E-state index contributed by atoms with van der Waals surface area (Å²) in [4.78, 5) is 29.4. The summed E-state index contributed by atoms with van der Waals surface area (Å²) in [5, 5.41) is 0. The molecule has 1 saturated carbocycles. The van der Waals surface area contributed by atoms with Crippen LogP contribution in [0.4, 0.5) is 0 Å². The highest BCUT2D eigenvalue weighted by atomic mass is 16.2. The first-order chi connectivity index (χ1) is 13.5. The minimum Gasteiger partial charge on any atom is -0.353 e. The van der Waals surface area contributed by atoms with Crippen molar-refractivity contribution in [1.29, 1.82) is 0 Å². The molecule has 28 heavy (non-hydrogen) atoms. The minimum atomic E-state index is -0.137. The molecule has 3 rings (SSSR count). The number of aromatic nitrogens is 1. The average Bonchev–Trinajstić information content (AvgIpc) is 3.44. The topological polar surface area (TPSA) is 45.6 Å². The highest BCUT2D eigenvalue weighted by Crippen LogP contribution is 2.28. The normalized spacial score (nSPS) is 13.9. The zero-order chi connectivity index (χ0) is 20.1.